The van der Waals surface area contributed by atoms with E-state index in [2.05, 4.69) is 10.3 Å². The largest absolute Gasteiger partial charge is 0.509 e. The lowest BCUT2D eigenvalue weighted by Crippen LogP contribution is -2.44. The number of aromatic nitrogens is 2. The molecule has 226 valence electrons. The highest BCUT2D eigenvalue weighted by atomic mass is 35.5. The molecule has 3 aliphatic heterocycles. The third-order valence-electron chi connectivity index (χ3n) is 7.16. The fourth-order valence-corrected chi connectivity index (χ4v) is 6.68. The van der Waals surface area contributed by atoms with Crippen LogP contribution in [0.15, 0.2) is 65.6 Å². The van der Waals surface area contributed by atoms with Crippen LogP contribution < -0.4 is 11.0 Å². The molecule has 1 amide bonds. The van der Waals surface area contributed by atoms with Crippen molar-refractivity contribution in [2.45, 2.75) is 43.5 Å². The predicted octanol–water partition coefficient (Wildman–Crippen LogP) is 4.78. The van der Waals surface area contributed by atoms with Gasteiger partial charge in [-0.25, -0.2) is 18.5 Å². The average molecular weight is 636 g/mol. The molecule has 0 radical (unpaired) electrons. The van der Waals surface area contributed by atoms with Crippen LogP contribution in [0, 0.1) is 5.82 Å². The Balaban J connectivity index is 1.17. The average Bonchev–Trinajstić information content (AvgIpc) is 3.41. The van der Waals surface area contributed by atoms with Gasteiger partial charge in [-0.1, -0.05) is 23.7 Å². The maximum Gasteiger partial charge on any atom is 0.509 e. The molecule has 13 nitrogen and oxygen atoms in total. The minimum atomic E-state index is -4.07. The molecule has 0 aliphatic carbocycles. The fraction of sp³-hybridized carbons (Fsp3) is 0.333. The topological polar surface area (TPSA) is 154 Å². The van der Waals surface area contributed by atoms with Crippen molar-refractivity contribution in [3.05, 3.63) is 93.2 Å². The van der Waals surface area contributed by atoms with E-state index in [4.69, 9.17) is 39.4 Å². The Kier molecular flexibility index (Phi) is 7.84. The van der Waals surface area contributed by atoms with Gasteiger partial charge in [-0.2, -0.15) is 4.98 Å². The zero-order valence-corrected chi connectivity index (χ0v) is 24.0. The zero-order valence-electron chi connectivity index (χ0n) is 22.4. The molecule has 6 rings (SSSR count). The molecule has 0 spiro atoms. The second-order valence-corrected chi connectivity index (χ2v) is 12.1. The Labute approximate surface area is 248 Å². The number of nitrogens with one attached hydrogen (secondary N) is 1. The first-order chi connectivity index (χ1) is 20.5. The van der Waals surface area contributed by atoms with E-state index in [9.17, 15) is 23.3 Å². The molecule has 0 bridgehead atoms. The predicted molar refractivity (Wildman–Crippen MR) is 146 cm³/mol. The van der Waals surface area contributed by atoms with E-state index < -0.39 is 68.1 Å². The molecule has 3 saturated heterocycles. The van der Waals surface area contributed by atoms with Gasteiger partial charge in [-0.05, 0) is 55.0 Å². The van der Waals surface area contributed by atoms with Crippen LogP contribution in [0.2, 0.25) is 5.02 Å². The first-order valence-corrected chi connectivity index (χ1v) is 14.9. The maximum atomic E-state index is 13.3. The van der Waals surface area contributed by atoms with E-state index >= 15 is 0 Å². The molecule has 3 fully saturated rings. The summed E-state index contributed by atoms with van der Waals surface area (Å²) in [5.41, 5.74) is -1.49. The highest BCUT2D eigenvalue weighted by Crippen LogP contribution is 2.58. The molecule has 0 saturated carbocycles. The van der Waals surface area contributed by atoms with Gasteiger partial charge in [0.15, 0.2) is 17.9 Å². The standard InChI is InChI=1S/C27H24ClFN3O10P/c1-27-22(40-26(35)41-27)20(14-38-43(36)37-12-10-19(42-43)16-3-2-4-17(28)13-16)39-24(27)32-11-9-21(31-25(32)34)30-23(33)15-5-7-18(29)8-6-15/h2-9,11,13,19-20,22,24H,10,12,14H2,1H3,(H,30,31,33,34)/t19-,20+,22+,24+,27+,43?/m0/s1. The van der Waals surface area contributed by atoms with E-state index in [1.54, 1.807) is 24.3 Å². The summed E-state index contributed by atoms with van der Waals surface area (Å²) in [4.78, 5) is 41.5. The smallest absolute Gasteiger partial charge is 0.424 e. The van der Waals surface area contributed by atoms with Gasteiger partial charge in [-0.3, -0.25) is 22.9 Å². The molecule has 6 atom stereocenters. The van der Waals surface area contributed by atoms with E-state index in [1.807, 2.05) is 0 Å². The van der Waals surface area contributed by atoms with Gasteiger partial charge in [-0.15, -0.1) is 0 Å². The molecule has 16 heteroatoms. The first kappa shape index (κ1) is 29.4. The highest BCUT2D eigenvalue weighted by molar-refractivity contribution is 7.48. The van der Waals surface area contributed by atoms with Gasteiger partial charge >= 0.3 is 19.7 Å². The number of hydrogen-bond acceptors (Lipinski definition) is 11. The Hall–Kier alpha value is -3.65. The Morgan fingerprint density at radius 1 is 1.23 bits per heavy atom. The Morgan fingerprint density at radius 2 is 2.02 bits per heavy atom. The van der Waals surface area contributed by atoms with Gasteiger partial charge in [0, 0.05) is 23.2 Å². The minimum absolute atomic E-state index is 0.0752. The van der Waals surface area contributed by atoms with Crippen LogP contribution in [0.4, 0.5) is 15.0 Å². The SMILES string of the molecule is C[C@@]12OC(=O)O[C@@H]1[C@@H](COP1(=O)OCC[C@@H](c3cccc(Cl)c3)O1)O[C@H]2n1ccc(NC(=O)c2ccc(F)cc2)nc1=O. The molecular weight excluding hydrogens is 612 g/mol. The number of ether oxygens (including phenoxy) is 3. The first-order valence-electron chi connectivity index (χ1n) is 13.1. The number of hydrogen-bond donors (Lipinski definition) is 1. The summed E-state index contributed by atoms with van der Waals surface area (Å²) in [5.74, 6) is -1.19. The van der Waals surface area contributed by atoms with Crippen molar-refractivity contribution in [3.8, 4) is 0 Å². The van der Waals surface area contributed by atoms with Gasteiger partial charge in [0.05, 0.1) is 19.3 Å². The van der Waals surface area contributed by atoms with Crippen molar-refractivity contribution in [2.24, 2.45) is 0 Å². The summed E-state index contributed by atoms with van der Waals surface area (Å²) in [6, 6.07) is 13.1. The van der Waals surface area contributed by atoms with Crippen LogP contribution >= 0.6 is 19.4 Å². The lowest BCUT2D eigenvalue weighted by Gasteiger charge is -2.30. The number of amides is 1. The van der Waals surface area contributed by atoms with E-state index in [0.717, 1.165) is 16.7 Å². The normalized spacial score (nSPS) is 29.9. The number of carbonyl (C=O) groups is 2. The summed E-state index contributed by atoms with van der Waals surface area (Å²) < 4.78 is 61.0. The maximum absolute atomic E-state index is 13.3. The van der Waals surface area contributed by atoms with Crippen molar-refractivity contribution in [3.63, 3.8) is 0 Å². The van der Waals surface area contributed by atoms with Crippen molar-refractivity contribution in [1.29, 1.82) is 0 Å². The summed E-state index contributed by atoms with van der Waals surface area (Å²) in [7, 11) is -4.07. The molecule has 2 aromatic carbocycles. The molecular formula is C27H24ClFN3O10P. The van der Waals surface area contributed by atoms with Crippen LogP contribution in [0.1, 0.15) is 41.6 Å². The van der Waals surface area contributed by atoms with Gasteiger partial charge in [0.1, 0.15) is 17.7 Å². The quantitative estimate of drug-likeness (QED) is 0.282. The van der Waals surface area contributed by atoms with E-state index in [1.165, 1.54) is 31.3 Å². The van der Waals surface area contributed by atoms with Gasteiger partial charge in [0.25, 0.3) is 5.91 Å². The van der Waals surface area contributed by atoms with Crippen molar-refractivity contribution in [2.75, 3.05) is 18.5 Å². The zero-order chi connectivity index (χ0) is 30.4. The second kappa shape index (κ2) is 11.5. The van der Waals surface area contributed by atoms with E-state index in [-0.39, 0.29) is 18.0 Å². The monoisotopic (exact) mass is 635 g/mol. The summed E-state index contributed by atoms with van der Waals surface area (Å²) >= 11 is 6.08. The number of fused-ring (bicyclic) bond motifs is 1. The second-order valence-electron chi connectivity index (χ2n) is 10.1. The van der Waals surface area contributed by atoms with Crippen LogP contribution in [0.25, 0.3) is 0 Å². The summed E-state index contributed by atoms with van der Waals surface area (Å²) in [5, 5.41) is 2.95. The van der Waals surface area contributed by atoms with Crippen LogP contribution in [0.5, 0.6) is 0 Å². The Morgan fingerprint density at radius 3 is 2.77 bits per heavy atom. The van der Waals surface area contributed by atoms with Crippen LogP contribution in [0.3, 0.4) is 0 Å². The number of anilines is 1. The number of benzene rings is 2. The molecule has 1 N–H and O–H groups in total. The number of nitrogens with zero attached hydrogens (tertiary/aromatic N) is 2. The fourth-order valence-electron chi connectivity index (χ4n) is 5.09. The van der Waals surface area contributed by atoms with Crippen molar-refractivity contribution >= 4 is 37.3 Å². The molecule has 43 heavy (non-hydrogen) atoms. The van der Waals surface area contributed by atoms with Gasteiger partial charge in [0.2, 0.25) is 0 Å². The molecule has 4 heterocycles. The number of carbonyl (C=O) groups excluding carboxylic acids is 2. The minimum Gasteiger partial charge on any atom is -0.424 e. The van der Waals surface area contributed by atoms with Crippen molar-refractivity contribution < 1.29 is 46.3 Å². The Bertz CT molecular complexity index is 1670. The molecule has 3 aliphatic rings. The van der Waals surface area contributed by atoms with Crippen LogP contribution in [-0.2, 0) is 32.3 Å². The third kappa shape index (κ3) is 5.94. The molecule has 1 aromatic heterocycles. The number of phosphoric acid groups is 1. The lowest BCUT2D eigenvalue weighted by molar-refractivity contribution is -0.0959. The van der Waals surface area contributed by atoms with E-state index in [0.29, 0.717) is 17.0 Å². The number of rotatable bonds is 7. The lowest BCUT2D eigenvalue weighted by atomic mass is 9.96. The summed E-state index contributed by atoms with van der Waals surface area (Å²) in [6.45, 7) is 1.20. The van der Waals surface area contributed by atoms with Crippen molar-refractivity contribution in [1.82, 2.24) is 9.55 Å². The summed E-state index contributed by atoms with van der Waals surface area (Å²) in [6.07, 6.45) is -3.22. The molecule has 3 aromatic rings. The van der Waals surface area contributed by atoms with Crippen LogP contribution in [-0.4, -0.2) is 52.6 Å². The number of phosphoric ester groups is 1. The third-order valence-corrected chi connectivity index (χ3v) is 8.87. The highest BCUT2D eigenvalue weighted by Gasteiger charge is 2.64. The molecule has 1 unspecified atom stereocenters. The number of halogens is 2. The van der Waals surface area contributed by atoms with Gasteiger partial charge < -0.3 is 19.5 Å².